The fourth-order valence-corrected chi connectivity index (χ4v) is 9.10. The molecule has 0 fully saturated rings. The number of hydrogen-bond donors (Lipinski definition) is 1. The van der Waals surface area contributed by atoms with Crippen LogP contribution in [0.15, 0.2) is 24.3 Å². The lowest BCUT2D eigenvalue weighted by Crippen LogP contribution is -2.31. The van der Waals surface area contributed by atoms with Crippen LogP contribution in [0.2, 0.25) is 0 Å². The normalized spacial score (nSPS) is 14.4. The van der Waals surface area contributed by atoms with Crippen molar-refractivity contribution >= 4 is 22.1 Å². The van der Waals surface area contributed by atoms with E-state index in [0.717, 1.165) is 0 Å². The fourth-order valence-electron chi connectivity index (χ4n) is 2.70. The molecular formula is C18H33NP2. The molecule has 0 saturated carbocycles. The van der Waals surface area contributed by atoms with Crippen LogP contribution in [0.4, 0.5) is 0 Å². The van der Waals surface area contributed by atoms with E-state index in [1.807, 2.05) is 0 Å². The van der Waals surface area contributed by atoms with Gasteiger partial charge in [-0.25, -0.2) is 0 Å². The molecule has 1 rings (SSSR count). The molecular weight excluding hydrogens is 292 g/mol. The van der Waals surface area contributed by atoms with Crippen LogP contribution in [0.3, 0.4) is 0 Å². The van der Waals surface area contributed by atoms with Gasteiger partial charge in [-0.3, -0.25) is 4.86 Å². The summed E-state index contributed by atoms with van der Waals surface area (Å²) in [6.45, 7) is 21.0. The van der Waals surface area contributed by atoms with Crippen molar-refractivity contribution in [2.45, 2.75) is 78.0 Å². The minimum atomic E-state index is -0.252. The molecule has 0 amide bonds. The van der Waals surface area contributed by atoms with Crippen molar-refractivity contribution in [1.29, 1.82) is 0 Å². The molecule has 1 N–H and O–H groups in total. The quantitative estimate of drug-likeness (QED) is 0.694. The predicted octanol–water partition coefficient (Wildman–Crippen LogP) is 5.79. The van der Waals surface area contributed by atoms with E-state index in [1.165, 1.54) is 10.9 Å². The van der Waals surface area contributed by atoms with Crippen molar-refractivity contribution in [3.05, 3.63) is 29.8 Å². The second-order valence-electron chi connectivity index (χ2n) is 8.71. The first-order valence-electron chi connectivity index (χ1n) is 7.75. The van der Waals surface area contributed by atoms with Gasteiger partial charge >= 0.3 is 0 Å². The predicted molar refractivity (Wildman–Crippen MR) is 103 cm³/mol. The summed E-state index contributed by atoms with van der Waals surface area (Å²) in [5.74, 6) is 0. The Morgan fingerprint density at radius 1 is 0.810 bits per heavy atom. The van der Waals surface area contributed by atoms with E-state index in [0.29, 0.717) is 19.0 Å². The molecule has 0 heterocycles. The number of nitrogens with one attached hydrogen (secondary N) is 1. The van der Waals surface area contributed by atoms with Gasteiger partial charge in [-0.1, -0.05) is 86.6 Å². The lowest BCUT2D eigenvalue weighted by molar-refractivity contribution is 0.594. The lowest BCUT2D eigenvalue weighted by Gasteiger charge is -2.41. The van der Waals surface area contributed by atoms with Crippen molar-refractivity contribution in [3.8, 4) is 0 Å². The van der Waals surface area contributed by atoms with E-state index in [2.05, 4.69) is 91.4 Å². The Bertz CT molecular complexity index is 447. The second kappa shape index (κ2) is 6.66. The van der Waals surface area contributed by atoms with E-state index in [9.17, 15) is 0 Å². The third-order valence-electron chi connectivity index (χ3n) is 3.38. The molecule has 3 heteroatoms. The molecule has 21 heavy (non-hydrogen) atoms. The fraction of sp³-hybridized carbons (Fsp3) is 0.667. The van der Waals surface area contributed by atoms with Gasteiger partial charge in [0.1, 0.15) is 0 Å². The Morgan fingerprint density at radius 2 is 1.29 bits per heavy atom. The Kier molecular flexibility index (Phi) is 6.05. The smallest absolute Gasteiger partial charge is 0.00417 e. The monoisotopic (exact) mass is 325 g/mol. The van der Waals surface area contributed by atoms with Gasteiger partial charge in [-0.2, -0.15) is 0 Å². The molecule has 0 spiro atoms. The zero-order valence-corrected chi connectivity index (χ0v) is 17.2. The highest BCUT2D eigenvalue weighted by Gasteiger charge is 2.34. The summed E-state index contributed by atoms with van der Waals surface area (Å²) in [6, 6.07) is 8.88. The van der Waals surface area contributed by atoms with Gasteiger partial charge in [0, 0.05) is 0 Å². The molecule has 1 unspecified atom stereocenters. The Balaban J connectivity index is 2.98. The highest BCUT2D eigenvalue weighted by molar-refractivity contribution is 7.68. The molecule has 0 aromatic heterocycles. The molecule has 0 aliphatic heterocycles. The van der Waals surface area contributed by atoms with Crippen molar-refractivity contribution < 1.29 is 0 Å². The summed E-state index contributed by atoms with van der Waals surface area (Å²) < 4.78 is 0. The Labute approximate surface area is 135 Å². The first kappa shape index (κ1) is 19.1. The standard InChI is InChI=1S/C18H33NP2/c1-16(2,3)14-12-10-11-13-15(14)20-19-21(17(4,5)6)18(7,8)9/h10-13,19-20H,1-9H3. The van der Waals surface area contributed by atoms with Crippen molar-refractivity contribution in [3.63, 3.8) is 0 Å². The van der Waals surface area contributed by atoms with Gasteiger partial charge in [0.15, 0.2) is 0 Å². The van der Waals surface area contributed by atoms with Gasteiger partial charge in [0.25, 0.3) is 0 Å². The summed E-state index contributed by atoms with van der Waals surface area (Å²) in [5.41, 5.74) is 1.67. The second-order valence-corrected chi connectivity index (χ2v) is 13.7. The molecule has 1 aromatic rings. The first-order chi connectivity index (χ1) is 9.33. The molecule has 0 aliphatic rings. The molecule has 120 valence electrons. The SMILES string of the molecule is CC(C)(C)c1ccccc1PNP(C(C)(C)C)C(C)(C)C. The summed E-state index contributed by atoms with van der Waals surface area (Å²) in [4.78, 5) is 3.92. The average molecular weight is 325 g/mol. The largest absolute Gasteiger partial charge is 0.271 e. The lowest BCUT2D eigenvalue weighted by atomic mass is 9.87. The molecule has 0 saturated heterocycles. The summed E-state index contributed by atoms with van der Waals surface area (Å²) in [5, 5.41) is 2.10. The molecule has 1 atom stereocenters. The minimum absolute atomic E-state index is 0.206. The van der Waals surface area contributed by atoms with Gasteiger partial charge in [-0.05, 0) is 43.4 Å². The van der Waals surface area contributed by atoms with E-state index in [-0.39, 0.29) is 13.5 Å². The van der Waals surface area contributed by atoms with Gasteiger partial charge in [0.2, 0.25) is 0 Å². The number of benzene rings is 1. The highest BCUT2D eigenvalue weighted by atomic mass is 31.2. The molecule has 1 nitrogen and oxygen atoms in total. The maximum absolute atomic E-state index is 3.92. The zero-order valence-electron chi connectivity index (χ0n) is 15.3. The van der Waals surface area contributed by atoms with Crippen LogP contribution in [0.5, 0.6) is 0 Å². The van der Waals surface area contributed by atoms with Crippen molar-refractivity contribution in [2.75, 3.05) is 0 Å². The highest BCUT2D eigenvalue weighted by Crippen LogP contribution is 2.57. The Hall–Kier alpha value is 0.0400. The first-order valence-corrected chi connectivity index (χ1v) is 10.1. The zero-order chi connectivity index (χ0) is 16.5. The van der Waals surface area contributed by atoms with Gasteiger partial charge < -0.3 is 0 Å². The summed E-state index contributed by atoms with van der Waals surface area (Å²) in [6.07, 6.45) is 0. The molecule has 1 aromatic carbocycles. The molecule has 0 aliphatic carbocycles. The third-order valence-corrected chi connectivity index (χ3v) is 8.11. The maximum atomic E-state index is 3.92. The van der Waals surface area contributed by atoms with Gasteiger partial charge in [0.05, 0.1) is 0 Å². The third kappa shape index (κ3) is 5.63. The van der Waals surface area contributed by atoms with Gasteiger partial charge in [-0.15, -0.1) is 0 Å². The van der Waals surface area contributed by atoms with Crippen molar-refractivity contribution in [2.24, 2.45) is 0 Å². The van der Waals surface area contributed by atoms with Crippen LogP contribution in [-0.4, -0.2) is 10.3 Å². The van der Waals surface area contributed by atoms with E-state index in [4.69, 9.17) is 0 Å². The summed E-state index contributed by atoms with van der Waals surface area (Å²) in [7, 11) is 0.431. The van der Waals surface area contributed by atoms with E-state index >= 15 is 0 Å². The number of rotatable bonds is 3. The number of hydrogen-bond acceptors (Lipinski definition) is 1. The average Bonchev–Trinajstić information content (AvgIpc) is 2.24. The van der Waals surface area contributed by atoms with Crippen LogP contribution in [-0.2, 0) is 5.41 Å². The Morgan fingerprint density at radius 3 is 1.71 bits per heavy atom. The van der Waals surface area contributed by atoms with Crippen LogP contribution in [0, 0.1) is 0 Å². The summed E-state index contributed by atoms with van der Waals surface area (Å²) >= 11 is 0. The van der Waals surface area contributed by atoms with E-state index < -0.39 is 0 Å². The van der Waals surface area contributed by atoms with Crippen LogP contribution < -0.4 is 10.2 Å². The van der Waals surface area contributed by atoms with Crippen LogP contribution >= 0.6 is 16.8 Å². The van der Waals surface area contributed by atoms with Crippen molar-refractivity contribution in [1.82, 2.24) is 4.86 Å². The maximum Gasteiger partial charge on any atom is -0.00417 e. The van der Waals surface area contributed by atoms with E-state index in [1.54, 1.807) is 0 Å². The van der Waals surface area contributed by atoms with Crippen LogP contribution in [0.25, 0.3) is 0 Å². The molecule has 0 bridgehead atoms. The minimum Gasteiger partial charge on any atom is -0.271 e. The molecule has 0 radical (unpaired) electrons. The topological polar surface area (TPSA) is 12.0 Å². The van der Waals surface area contributed by atoms with Crippen LogP contribution in [0.1, 0.15) is 67.9 Å².